The molecule has 0 saturated carbocycles. The van der Waals surface area contributed by atoms with Crippen molar-refractivity contribution >= 4 is 11.7 Å². The van der Waals surface area contributed by atoms with E-state index in [1.807, 2.05) is 0 Å². The van der Waals surface area contributed by atoms with Gasteiger partial charge in [-0.15, -0.1) is 0 Å². The lowest BCUT2D eigenvalue weighted by Gasteiger charge is -2.10. The van der Waals surface area contributed by atoms with Crippen LogP contribution in [0.15, 0.2) is 48.5 Å². The third-order valence-corrected chi connectivity index (χ3v) is 2.77. The first kappa shape index (κ1) is 15.3. The van der Waals surface area contributed by atoms with Gasteiger partial charge in [-0.25, -0.2) is 4.79 Å². The summed E-state index contributed by atoms with van der Waals surface area (Å²) < 4.78 is 10.7. The number of carboxylic acids is 1. The second-order valence-corrected chi connectivity index (χ2v) is 4.25. The van der Waals surface area contributed by atoms with Gasteiger partial charge in [0.1, 0.15) is 30.3 Å². The molecule has 2 aromatic carbocycles. The lowest BCUT2D eigenvalue weighted by Crippen LogP contribution is -2.11. The molecule has 7 nitrogen and oxygen atoms in total. The first-order chi connectivity index (χ1) is 10.6. The summed E-state index contributed by atoms with van der Waals surface area (Å²) in [6.07, 6.45) is 0. The van der Waals surface area contributed by atoms with E-state index in [1.54, 1.807) is 18.2 Å². The zero-order valence-electron chi connectivity index (χ0n) is 11.5. The number of aromatic carboxylic acids is 1. The highest BCUT2D eigenvalue weighted by atomic mass is 16.6. The maximum atomic E-state index is 11.0. The van der Waals surface area contributed by atoms with Crippen molar-refractivity contribution in [3.05, 3.63) is 64.2 Å². The molecule has 2 aromatic rings. The molecule has 0 aliphatic heterocycles. The van der Waals surface area contributed by atoms with Crippen LogP contribution >= 0.6 is 0 Å². The van der Waals surface area contributed by atoms with E-state index in [1.165, 1.54) is 30.3 Å². The average molecular weight is 303 g/mol. The molecule has 114 valence electrons. The van der Waals surface area contributed by atoms with Gasteiger partial charge < -0.3 is 14.6 Å². The molecule has 0 amide bonds. The van der Waals surface area contributed by atoms with E-state index < -0.39 is 10.9 Å². The van der Waals surface area contributed by atoms with Crippen LogP contribution in [0.25, 0.3) is 0 Å². The van der Waals surface area contributed by atoms with Gasteiger partial charge in [0.15, 0.2) is 0 Å². The molecule has 22 heavy (non-hydrogen) atoms. The Labute approximate surface area is 125 Å². The number of hydrogen-bond donors (Lipinski definition) is 1. The fourth-order valence-corrected chi connectivity index (χ4v) is 1.74. The van der Waals surface area contributed by atoms with Crippen molar-refractivity contribution < 1.29 is 24.3 Å². The Bertz CT molecular complexity index is 668. The van der Waals surface area contributed by atoms with Gasteiger partial charge in [0.05, 0.1) is 4.92 Å². The van der Waals surface area contributed by atoms with Crippen molar-refractivity contribution in [2.75, 3.05) is 13.2 Å². The summed E-state index contributed by atoms with van der Waals surface area (Å²) in [5.41, 5.74) is 0.0665. The molecule has 7 heteroatoms. The molecule has 0 spiro atoms. The molecule has 0 aliphatic rings. The summed E-state index contributed by atoms with van der Waals surface area (Å²) in [6, 6.07) is 12.0. The summed E-state index contributed by atoms with van der Waals surface area (Å²) >= 11 is 0. The molecule has 0 bridgehead atoms. The maximum Gasteiger partial charge on any atom is 0.339 e. The first-order valence-electron chi connectivity index (χ1n) is 6.40. The minimum atomic E-state index is -1.06. The van der Waals surface area contributed by atoms with Crippen molar-refractivity contribution in [2.24, 2.45) is 0 Å². The number of benzene rings is 2. The monoisotopic (exact) mass is 303 g/mol. The Balaban J connectivity index is 1.85. The van der Waals surface area contributed by atoms with Crippen LogP contribution in [0.1, 0.15) is 10.4 Å². The second-order valence-electron chi connectivity index (χ2n) is 4.25. The quantitative estimate of drug-likeness (QED) is 0.479. The fourth-order valence-electron chi connectivity index (χ4n) is 1.74. The molecule has 0 aliphatic carbocycles. The van der Waals surface area contributed by atoms with Crippen molar-refractivity contribution in [2.45, 2.75) is 0 Å². The van der Waals surface area contributed by atoms with Gasteiger partial charge in [0.2, 0.25) is 0 Å². The Hall–Kier alpha value is -3.09. The highest BCUT2D eigenvalue weighted by Gasteiger charge is 2.10. The zero-order chi connectivity index (χ0) is 15.9. The van der Waals surface area contributed by atoms with Crippen LogP contribution < -0.4 is 9.47 Å². The van der Waals surface area contributed by atoms with Gasteiger partial charge in [-0.05, 0) is 24.3 Å². The predicted octanol–water partition coefficient (Wildman–Crippen LogP) is 2.75. The normalized spacial score (nSPS) is 10.0. The van der Waals surface area contributed by atoms with Gasteiger partial charge >= 0.3 is 5.97 Å². The molecule has 0 radical (unpaired) electrons. The van der Waals surface area contributed by atoms with Crippen molar-refractivity contribution in [1.82, 2.24) is 0 Å². The number of rotatable bonds is 7. The number of para-hydroxylation sites is 1. The molecule has 2 rings (SSSR count). The Kier molecular flexibility index (Phi) is 4.92. The number of ether oxygens (including phenoxy) is 2. The third-order valence-electron chi connectivity index (χ3n) is 2.77. The van der Waals surface area contributed by atoms with E-state index in [-0.39, 0.29) is 30.2 Å². The summed E-state index contributed by atoms with van der Waals surface area (Å²) in [7, 11) is 0. The van der Waals surface area contributed by atoms with Crippen LogP contribution in [-0.4, -0.2) is 29.2 Å². The molecule has 0 heterocycles. The van der Waals surface area contributed by atoms with E-state index >= 15 is 0 Å². The summed E-state index contributed by atoms with van der Waals surface area (Å²) in [5, 5.41) is 19.5. The lowest BCUT2D eigenvalue weighted by molar-refractivity contribution is -0.384. The number of nitro benzene ring substituents is 1. The smallest absolute Gasteiger partial charge is 0.339 e. The molecular weight excluding hydrogens is 290 g/mol. The Morgan fingerprint density at radius 3 is 2.32 bits per heavy atom. The van der Waals surface area contributed by atoms with Crippen LogP contribution in [0, 0.1) is 10.1 Å². The van der Waals surface area contributed by atoms with E-state index in [2.05, 4.69) is 0 Å². The average Bonchev–Trinajstić information content (AvgIpc) is 2.52. The maximum absolute atomic E-state index is 11.0. The van der Waals surface area contributed by atoms with Crippen LogP contribution in [0.3, 0.4) is 0 Å². The number of non-ortho nitro benzene ring substituents is 1. The molecule has 0 atom stereocenters. The largest absolute Gasteiger partial charge is 0.490 e. The number of nitrogens with zero attached hydrogens (tertiary/aromatic N) is 1. The minimum Gasteiger partial charge on any atom is -0.490 e. The molecule has 1 N–H and O–H groups in total. The highest BCUT2D eigenvalue weighted by Crippen LogP contribution is 2.19. The number of carboxylic acid groups (broad SMARTS) is 1. The van der Waals surface area contributed by atoms with E-state index in [4.69, 9.17) is 14.6 Å². The standard InChI is InChI=1S/C15H13NO6/c17-15(18)13-3-1-2-4-14(13)22-10-9-21-12-7-5-11(6-8-12)16(19)20/h1-8H,9-10H2,(H,17,18). The fraction of sp³-hybridized carbons (Fsp3) is 0.133. The molecule has 0 aromatic heterocycles. The third kappa shape index (κ3) is 3.95. The minimum absolute atomic E-state index is 0.0148. The van der Waals surface area contributed by atoms with Gasteiger partial charge in [0.25, 0.3) is 5.69 Å². The van der Waals surface area contributed by atoms with Gasteiger partial charge in [-0.1, -0.05) is 12.1 Å². The predicted molar refractivity (Wildman–Crippen MR) is 77.5 cm³/mol. The van der Waals surface area contributed by atoms with Crippen LogP contribution in [-0.2, 0) is 0 Å². The van der Waals surface area contributed by atoms with Crippen molar-refractivity contribution in [3.63, 3.8) is 0 Å². The van der Waals surface area contributed by atoms with Gasteiger partial charge in [-0.3, -0.25) is 10.1 Å². The van der Waals surface area contributed by atoms with Gasteiger partial charge in [0, 0.05) is 12.1 Å². The van der Waals surface area contributed by atoms with E-state index in [9.17, 15) is 14.9 Å². The summed E-state index contributed by atoms with van der Waals surface area (Å²) in [5.74, 6) is -0.324. The van der Waals surface area contributed by atoms with Crippen molar-refractivity contribution in [3.8, 4) is 11.5 Å². The highest BCUT2D eigenvalue weighted by molar-refractivity contribution is 5.90. The van der Waals surface area contributed by atoms with E-state index in [0.29, 0.717) is 5.75 Å². The summed E-state index contributed by atoms with van der Waals surface area (Å²) in [4.78, 5) is 21.0. The molecule has 0 fully saturated rings. The van der Waals surface area contributed by atoms with Crippen LogP contribution in [0.2, 0.25) is 0 Å². The topological polar surface area (TPSA) is 98.9 Å². The first-order valence-corrected chi connectivity index (χ1v) is 6.40. The Morgan fingerprint density at radius 1 is 1.05 bits per heavy atom. The van der Waals surface area contributed by atoms with Crippen molar-refractivity contribution in [1.29, 1.82) is 0 Å². The molecular formula is C15H13NO6. The van der Waals surface area contributed by atoms with Gasteiger partial charge in [-0.2, -0.15) is 0 Å². The van der Waals surface area contributed by atoms with Crippen LogP contribution in [0.4, 0.5) is 5.69 Å². The summed E-state index contributed by atoms with van der Waals surface area (Å²) in [6.45, 7) is 0.340. The zero-order valence-corrected chi connectivity index (χ0v) is 11.5. The number of carbonyl (C=O) groups is 1. The Morgan fingerprint density at radius 2 is 1.68 bits per heavy atom. The number of nitro groups is 1. The lowest BCUT2D eigenvalue weighted by atomic mass is 10.2. The SMILES string of the molecule is O=C(O)c1ccccc1OCCOc1ccc([N+](=O)[O-])cc1. The number of hydrogen-bond acceptors (Lipinski definition) is 5. The molecule has 0 unspecified atom stereocenters. The van der Waals surface area contributed by atoms with Crippen LogP contribution in [0.5, 0.6) is 11.5 Å². The second kappa shape index (κ2) is 7.07. The molecule has 0 saturated heterocycles. The van der Waals surface area contributed by atoms with E-state index in [0.717, 1.165) is 0 Å².